The van der Waals surface area contributed by atoms with E-state index in [2.05, 4.69) is 11.1 Å². The fourth-order valence-electron chi connectivity index (χ4n) is 2.53. The molecule has 0 bridgehead atoms. The number of rotatable bonds is 6. The van der Waals surface area contributed by atoms with Crippen molar-refractivity contribution >= 4 is 11.0 Å². The number of ether oxygens (including phenoxy) is 2. The van der Waals surface area contributed by atoms with Gasteiger partial charge in [-0.2, -0.15) is 5.26 Å². The second-order valence-corrected chi connectivity index (χ2v) is 5.02. The number of imidazole rings is 1. The Hall–Kier alpha value is -3.00. The van der Waals surface area contributed by atoms with Crippen LogP contribution in [0.5, 0.6) is 11.5 Å². The second kappa shape index (κ2) is 6.84. The van der Waals surface area contributed by atoms with Crippen molar-refractivity contribution < 1.29 is 9.47 Å². The van der Waals surface area contributed by atoms with Crippen LogP contribution in [0.4, 0.5) is 0 Å². The molecule has 5 nitrogen and oxygen atoms in total. The zero-order valence-electron chi connectivity index (χ0n) is 12.9. The van der Waals surface area contributed by atoms with Crippen LogP contribution in [-0.2, 0) is 13.2 Å². The molecule has 0 aliphatic rings. The molecule has 0 saturated heterocycles. The standard InChI is InChI=1S/C18H17N3O2/c1-22-16-9-4-5-10-17(16)23-13-18-20-14-7-2-3-8-15(14)21(18)12-6-11-19/h2-5,7-10H,6,12-13H2,1H3. The van der Waals surface area contributed by atoms with Gasteiger partial charge < -0.3 is 14.0 Å². The van der Waals surface area contributed by atoms with Crippen LogP contribution < -0.4 is 9.47 Å². The van der Waals surface area contributed by atoms with Crippen LogP contribution in [0, 0.1) is 11.3 Å². The lowest BCUT2D eigenvalue weighted by Gasteiger charge is -2.11. The van der Waals surface area contributed by atoms with E-state index in [9.17, 15) is 0 Å². The lowest BCUT2D eigenvalue weighted by molar-refractivity contribution is 0.272. The Balaban J connectivity index is 1.88. The summed E-state index contributed by atoms with van der Waals surface area (Å²) in [6.07, 6.45) is 0.433. The Kier molecular flexibility index (Phi) is 4.44. The van der Waals surface area contributed by atoms with E-state index in [4.69, 9.17) is 14.7 Å². The van der Waals surface area contributed by atoms with E-state index in [1.54, 1.807) is 7.11 Å². The van der Waals surface area contributed by atoms with Gasteiger partial charge in [-0.3, -0.25) is 0 Å². The van der Waals surface area contributed by atoms with Gasteiger partial charge in [0.05, 0.1) is 30.6 Å². The van der Waals surface area contributed by atoms with Gasteiger partial charge in [-0.25, -0.2) is 4.98 Å². The molecule has 0 fully saturated rings. The molecule has 3 aromatic rings. The van der Waals surface area contributed by atoms with E-state index in [-0.39, 0.29) is 0 Å². The van der Waals surface area contributed by atoms with Crippen molar-refractivity contribution in [3.05, 3.63) is 54.4 Å². The maximum absolute atomic E-state index is 8.87. The summed E-state index contributed by atoms with van der Waals surface area (Å²) in [6, 6.07) is 17.6. The van der Waals surface area contributed by atoms with Gasteiger partial charge in [-0.15, -0.1) is 0 Å². The molecule has 0 saturated carbocycles. The first kappa shape index (κ1) is 14.9. The van der Waals surface area contributed by atoms with Gasteiger partial charge in [0, 0.05) is 6.54 Å². The Morgan fingerprint density at radius 2 is 1.83 bits per heavy atom. The molecule has 0 amide bonds. The zero-order chi connectivity index (χ0) is 16.1. The summed E-state index contributed by atoms with van der Waals surface area (Å²) in [6.45, 7) is 0.919. The van der Waals surface area contributed by atoms with Gasteiger partial charge in [0.2, 0.25) is 0 Å². The minimum atomic E-state index is 0.320. The first-order chi connectivity index (χ1) is 11.3. The number of nitrogens with zero attached hydrogens (tertiary/aromatic N) is 3. The van der Waals surface area contributed by atoms with Crippen LogP contribution in [0.25, 0.3) is 11.0 Å². The molecule has 0 radical (unpaired) electrons. The average Bonchev–Trinajstić information content (AvgIpc) is 2.96. The molecule has 116 valence electrons. The molecule has 3 rings (SSSR count). The van der Waals surface area contributed by atoms with Crippen molar-refractivity contribution in [1.82, 2.24) is 9.55 Å². The Labute approximate surface area is 134 Å². The number of fused-ring (bicyclic) bond motifs is 1. The van der Waals surface area contributed by atoms with Crippen molar-refractivity contribution in [3.63, 3.8) is 0 Å². The minimum absolute atomic E-state index is 0.320. The highest BCUT2D eigenvalue weighted by Gasteiger charge is 2.12. The minimum Gasteiger partial charge on any atom is -0.493 e. The van der Waals surface area contributed by atoms with Crippen molar-refractivity contribution in [2.75, 3.05) is 7.11 Å². The van der Waals surface area contributed by atoms with E-state index in [0.717, 1.165) is 16.9 Å². The number of aryl methyl sites for hydroxylation is 1. The van der Waals surface area contributed by atoms with Crippen molar-refractivity contribution in [2.24, 2.45) is 0 Å². The maximum Gasteiger partial charge on any atom is 0.161 e. The highest BCUT2D eigenvalue weighted by Crippen LogP contribution is 2.27. The number of aromatic nitrogens is 2. The number of methoxy groups -OCH3 is 1. The summed E-state index contributed by atoms with van der Waals surface area (Å²) < 4.78 is 13.2. The fraction of sp³-hybridized carbons (Fsp3) is 0.222. The van der Waals surface area contributed by atoms with Gasteiger partial charge in [-0.1, -0.05) is 24.3 Å². The van der Waals surface area contributed by atoms with Gasteiger partial charge >= 0.3 is 0 Å². The van der Waals surface area contributed by atoms with E-state index in [1.807, 2.05) is 53.1 Å². The summed E-state index contributed by atoms with van der Waals surface area (Å²) in [5, 5.41) is 8.87. The van der Waals surface area contributed by atoms with Crippen LogP contribution in [0.2, 0.25) is 0 Å². The molecule has 0 aliphatic carbocycles. The summed E-state index contributed by atoms with van der Waals surface area (Å²) >= 11 is 0. The molecule has 0 unspecified atom stereocenters. The molecule has 5 heteroatoms. The van der Waals surface area contributed by atoms with Crippen molar-refractivity contribution in [3.8, 4) is 17.6 Å². The van der Waals surface area contributed by atoms with Crippen LogP contribution >= 0.6 is 0 Å². The lowest BCUT2D eigenvalue weighted by Crippen LogP contribution is -2.07. The average molecular weight is 307 g/mol. The fourth-order valence-corrected chi connectivity index (χ4v) is 2.53. The van der Waals surface area contributed by atoms with Crippen LogP contribution in [0.1, 0.15) is 12.2 Å². The number of para-hydroxylation sites is 4. The smallest absolute Gasteiger partial charge is 0.161 e. The van der Waals surface area contributed by atoms with Crippen LogP contribution in [-0.4, -0.2) is 16.7 Å². The van der Waals surface area contributed by atoms with E-state index >= 15 is 0 Å². The molecule has 23 heavy (non-hydrogen) atoms. The number of hydrogen-bond acceptors (Lipinski definition) is 4. The third kappa shape index (κ3) is 3.11. The largest absolute Gasteiger partial charge is 0.493 e. The molecular weight excluding hydrogens is 290 g/mol. The summed E-state index contributed by atoms with van der Waals surface area (Å²) in [5.41, 5.74) is 1.92. The predicted octanol–water partition coefficient (Wildman–Crippen LogP) is 3.54. The molecule has 0 spiro atoms. The van der Waals surface area contributed by atoms with Crippen LogP contribution in [0.15, 0.2) is 48.5 Å². The topological polar surface area (TPSA) is 60.1 Å². The quantitative estimate of drug-likeness (QED) is 0.699. The predicted molar refractivity (Wildman–Crippen MR) is 87.3 cm³/mol. The van der Waals surface area contributed by atoms with Crippen molar-refractivity contribution in [1.29, 1.82) is 5.26 Å². The van der Waals surface area contributed by atoms with Crippen molar-refractivity contribution in [2.45, 2.75) is 19.6 Å². The number of hydrogen-bond donors (Lipinski definition) is 0. The first-order valence-corrected chi connectivity index (χ1v) is 7.40. The normalized spacial score (nSPS) is 10.4. The van der Waals surface area contributed by atoms with Gasteiger partial charge in [0.15, 0.2) is 11.5 Å². The first-order valence-electron chi connectivity index (χ1n) is 7.40. The maximum atomic E-state index is 8.87. The number of benzene rings is 2. The molecule has 2 aromatic carbocycles. The molecule has 0 N–H and O–H groups in total. The van der Waals surface area contributed by atoms with E-state index < -0.39 is 0 Å². The molecule has 1 heterocycles. The second-order valence-electron chi connectivity index (χ2n) is 5.02. The van der Waals surface area contributed by atoms with Gasteiger partial charge in [0.1, 0.15) is 12.4 Å². The van der Waals surface area contributed by atoms with E-state index in [1.165, 1.54) is 0 Å². The third-order valence-corrected chi connectivity index (χ3v) is 3.61. The summed E-state index contributed by atoms with van der Waals surface area (Å²) in [5.74, 6) is 2.16. The summed E-state index contributed by atoms with van der Waals surface area (Å²) in [7, 11) is 1.62. The SMILES string of the molecule is COc1ccccc1OCc1nc2ccccc2n1CCC#N. The lowest BCUT2D eigenvalue weighted by atomic mass is 10.3. The Morgan fingerprint density at radius 1 is 1.09 bits per heavy atom. The molecule has 1 aromatic heterocycles. The summed E-state index contributed by atoms with van der Waals surface area (Å²) in [4.78, 5) is 4.62. The third-order valence-electron chi connectivity index (χ3n) is 3.61. The molecular formula is C18H17N3O2. The van der Waals surface area contributed by atoms with Crippen LogP contribution in [0.3, 0.4) is 0 Å². The Bertz CT molecular complexity index is 849. The Morgan fingerprint density at radius 3 is 2.61 bits per heavy atom. The highest BCUT2D eigenvalue weighted by atomic mass is 16.5. The molecule has 0 atom stereocenters. The monoisotopic (exact) mass is 307 g/mol. The zero-order valence-corrected chi connectivity index (χ0v) is 12.9. The number of nitriles is 1. The highest BCUT2D eigenvalue weighted by molar-refractivity contribution is 5.75. The van der Waals surface area contributed by atoms with E-state index in [0.29, 0.717) is 31.1 Å². The van der Waals surface area contributed by atoms with Gasteiger partial charge in [0.25, 0.3) is 0 Å². The molecule has 0 aliphatic heterocycles. The van der Waals surface area contributed by atoms with Gasteiger partial charge in [-0.05, 0) is 24.3 Å².